The third-order valence-electron chi connectivity index (χ3n) is 4.00. The second-order valence-electron chi connectivity index (χ2n) is 5.93. The molecule has 1 unspecified atom stereocenters. The summed E-state index contributed by atoms with van der Waals surface area (Å²) >= 11 is 0. The largest absolute Gasteiger partial charge is 0.381 e. The molecular weight excluding hydrogens is 222 g/mol. The summed E-state index contributed by atoms with van der Waals surface area (Å²) in [4.78, 5) is 0. The lowest BCUT2D eigenvalue weighted by Crippen LogP contribution is -2.26. The van der Waals surface area contributed by atoms with Crippen LogP contribution in [-0.4, -0.2) is 25.8 Å². The smallest absolute Gasteiger partial charge is 0.0494 e. The van der Waals surface area contributed by atoms with Crippen LogP contribution in [0.2, 0.25) is 0 Å². The zero-order valence-electron chi connectivity index (χ0n) is 12.5. The summed E-state index contributed by atoms with van der Waals surface area (Å²) < 4.78 is 5.86. The highest BCUT2D eigenvalue weighted by molar-refractivity contribution is 4.64. The summed E-state index contributed by atoms with van der Waals surface area (Å²) in [6, 6.07) is 0.645. The molecule has 1 atom stereocenters. The minimum Gasteiger partial charge on any atom is -0.381 e. The van der Waals surface area contributed by atoms with E-state index in [0.29, 0.717) is 6.04 Å². The van der Waals surface area contributed by atoms with Crippen LogP contribution in [0.1, 0.15) is 71.6 Å². The number of hydrogen-bond donors (Lipinski definition) is 1. The van der Waals surface area contributed by atoms with Gasteiger partial charge in [0.25, 0.3) is 0 Å². The van der Waals surface area contributed by atoms with E-state index in [4.69, 9.17) is 4.74 Å². The third kappa shape index (κ3) is 8.10. The molecule has 2 heteroatoms. The van der Waals surface area contributed by atoms with Gasteiger partial charge in [-0.25, -0.2) is 0 Å². The highest BCUT2D eigenvalue weighted by atomic mass is 16.5. The van der Waals surface area contributed by atoms with Crippen LogP contribution in [0.25, 0.3) is 0 Å². The van der Waals surface area contributed by atoms with E-state index >= 15 is 0 Å². The van der Waals surface area contributed by atoms with Gasteiger partial charge in [0.15, 0.2) is 0 Å². The van der Waals surface area contributed by atoms with Gasteiger partial charge in [0.2, 0.25) is 0 Å². The molecule has 0 aromatic heterocycles. The summed E-state index contributed by atoms with van der Waals surface area (Å²) in [7, 11) is 0. The maximum Gasteiger partial charge on any atom is 0.0494 e. The van der Waals surface area contributed by atoms with E-state index in [-0.39, 0.29) is 0 Å². The lowest BCUT2D eigenvalue weighted by atomic mass is 10.0. The van der Waals surface area contributed by atoms with Gasteiger partial charge in [-0.2, -0.15) is 0 Å². The standard InChI is InChI=1S/C16H33NO/c1-3-12-17-15(2)9-8-13-18-14-16-10-6-4-5-7-11-16/h15-17H,3-14H2,1-2H3. The molecule has 0 radical (unpaired) electrons. The second-order valence-corrected chi connectivity index (χ2v) is 5.93. The first-order valence-corrected chi connectivity index (χ1v) is 8.14. The van der Waals surface area contributed by atoms with E-state index in [2.05, 4.69) is 19.2 Å². The van der Waals surface area contributed by atoms with Gasteiger partial charge in [-0.3, -0.25) is 0 Å². The molecule has 18 heavy (non-hydrogen) atoms. The van der Waals surface area contributed by atoms with Gasteiger partial charge in [-0.05, 0) is 51.5 Å². The molecule has 1 aliphatic carbocycles. The number of ether oxygens (including phenoxy) is 1. The quantitative estimate of drug-likeness (QED) is 0.494. The van der Waals surface area contributed by atoms with Crippen molar-refractivity contribution in [2.75, 3.05) is 19.8 Å². The van der Waals surface area contributed by atoms with Crippen molar-refractivity contribution in [2.24, 2.45) is 5.92 Å². The fourth-order valence-corrected chi connectivity index (χ4v) is 2.76. The first-order valence-electron chi connectivity index (χ1n) is 8.14. The first kappa shape index (κ1) is 16.0. The lowest BCUT2D eigenvalue weighted by Gasteiger charge is -2.15. The van der Waals surface area contributed by atoms with Gasteiger partial charge in [0.1, 0.15) is 0 Å². The van der Waals surface area contributed by atoms with Crippen molar-refractivity contribution >= 4 is 0 Å². The van der Waals surface area contributed by atoms with Crippen molar-refractivity contribution in [3.63, 3.8) is 0 Å². The fraction of sp³-hybridized carbons (Fsp3) is 1.00. The molecule has 0 bridgehead atoms. The molecule has 1 saturated carbocycles. The Balaban J connectivity index is 1.91. The zero-order chi connectivity index (χ0) is 13.1. The van der Waals surface area contributed by atoms with Gasteiger partial charge >= 0.3 is 0 Å². The van der Waals surface area contributed by atoms with Gasteiger partial charge in [-0.1, -0.05) is 32.6 Å². The Labute approximate surface area is 114 Å². The highest BCUT2D eigenvalue weighted by Gasteiger charge is 2.12. The van der Waals surface area contributed by atoms with E-state index in [1.165, 1.54) is 57.8 Å². The first-order chi connectivity index (χ1) is 8.83. The van der Waals surface area contributed by atoms with Gasteiger partial charge in [0.05, 0.1) is 0 Å². The zero-order valence-corrected chi connectivity index (χ0v) is 12.5. The maximum absolute atomic E-state index is 5.86. The third-order valence-corrected chi connectivity index (χ3v) is 4.00. The predicted molar refractivity (Wildman–Crippen MR) is 79.0 cm³/mol. The van der Waals surface area contributed by atoms with Gasteiger partial charge in [-0.15, -0.1) is 0 Å². The summed E-state index contributed by atoms with van der Waals surface area (Å²) in [6.45, 7) is 7.60. The molecule has 0 aliphatic heterocycles. The van der Waals surface area contributed by atoms with Crippen molar-refractivity contribution < 1.29 is 4.74 Å². The summed E-state index contributed by atoms with van der Waals surface area (Å²) in [6.07, 6.45) is 12.2. The van der Waals surface area contributed by atoms with E-state index in [0.717, 1.165) is 25.7 Å². The normalized spacial score (nSPS) is 19.7. The Kier molecular flexibility index (Phi) is 9.59. The van der Waals surface area contributed by atoms with Crippen LogP contribution in [-0.2, 0) is 4.74 Å². The number of nitrogens with one attached hydrogen (secondary N) is 1. The topological polar surface area (TPSA) is 21.3 Å². The SMILES string of the molecule is CCCNC(C)CCCOCC1CCCCCC1. The molecule has 0 heterocycles. The van der Waals surface area contributed by atoms with Gasteiger partial charge in [0, 0.05) is 19.3 Å². The van der Waals surface area contributed by atoms with Crippen LogP contribution in [0, 0.1) is 5.92 Å². The molecule has 1 aliphatic rings. The Hall–Kier alpha value is -0.0800. The lowest BCUT2D eigenvalue weighted by molar-refractivity contribution is 0.0898. The molecule has 108 valence electrons. The van der Waals surface area contributed by atoms with Crippen molar-refractivity contribution in [1.82, 2.24) is 5.32 Å². The second kappa shape index (κ2) is 10.8. The Morgan fingerprint density at radius 1 is 1.17 bits per heavy atom. The van der Waals surface area contributed by atoms with Crippen molar-refractivity contribution in [3.8, 4) is 0 Å². The summed E-state index contributed by atoms with van der Waals surface area (Å²) in [5.74, 6) is 0.850. The summed E-state index contributed by atoms with van der Waals surface area (Å²) in [5.41, 5.74) is 0. The number of hydrogen-bond acceptors (Lipinski definition) is 2. The fourth-order valence-electron chi connectivity index (χ4n) is 2.76. The maximum atomic E-state index is 5.86. The monoisotopic (exact) mass is 255 g/mol. The molecule has 0 amide bonds. The summed E-state index contributed by atoms with van der Waals surface area (Å²) in [5, 5.41) is 3.53. The highest BCUT2D eigenvalue weighted by Crippen LogP contribution is 2.22. The predicted octanol–water partition coefficient (Wildman–Crippen LogP) is 4.14. The molecule has 0 aromatic rings. The van der Waals surface area contributed by atoms with Gasteiger partial charge < -0.3 is 10.1 Å². The Morgan fingerprint density at radius 2 is 1.89 bits per heavy atom. The number of rotatable bonds is 9. The average Bonchev–Trinajstić information content (AvgIpc) is 2.64. The molecule has 0 spiro atoms. The van der Waals surface area contributed by atoms with E-state index in [9.17, 15) is 0 Å². The molecule has 1 N–H and O–H groups in total. The molecule has 1 fully saturated rings. The van der Waals surface area contributed by atoms with Crippen molar-refractivity contribution in [3.05, 3.63) is 0 Å². The van der Waals surface area contributed by atoms with Crippen LogP contribution in [0.15, 0.2) is 0 Å². The van der Waals surface area contributed by atoms with E-state index in [1.54, 1.807) is 0 Å². The van der Waals surface area contributed by atoms with Crippen LogP contribution in [0.5, 0.6) is 0 Å². The van der Waals surface area contributed by atoms with Crippen LogP contribution >= 0.6 is 0 Å². The van der Waals surface area contributed by atoms with E-state index in [1.807, 2.05) is 0 Å². The minimum absolute atomic E-state index is 0.645. The average molecular weight is 255 g/mol. The van der Waals surface area contributed by atoms with Crippen LogP contribution in [0.3, 0.4) is 0 Å². The molecular formula is C16H33NO. The van der Waals surface area contributed by atoms with Crippen LogP contribution < -0.4 is 5.32 Å². The Bertz CT molecular complexity index is 176. The van der Waals surface area contributed by atoms with Crippen LogP contribution in [0.4, 0.5) is 0 Å². The molecule has 2 nitrogen and oxygen atoms in total. The van der Waals surface area contributed by atoms with Crippen molar-refractivity contribution in [2.45, 2.75) is 77.7 Å². The minimum atomic E-state index is 0.645. The molecule has 1 rings (SSSR count). The molecule has 0 saturated heterocycles. The Morgan fingerprint density at radius 3 is 2.56 bits per heavy atom. The van der Waals surface area contributed by atoms with E-state index < -0.39 is 0 Å². The molecule has 0 aromatic carbocycles. The van der Waals surface area contributed by atoms with Crippen molar-refractivity contribution in [1.29, 1.82) is 0 Å².